The number of carbonyl (C=O) groups excluding carboxylic acids is 1. The molecule has 0 heterocycles. The van der Waals surface area contributed by atoms with Gasteiger partial charge in [-0.05, 0) is 42.2 Å². The number of rotatable bonds is 8. The number of anilines is 1. The van der Waals surface area contributed by atoms with E-state index in [9.17, 15) is 9.90 Å². The number of aliphatic hydroxyl groups is 1. The number of nitrogens with one attached hydrogen (secondary N) is 2. The van der Waals surface area contributed by atoms with E-state index in [1.165, 1.54) is 0 Å². The molecule has 0 spiro atoms. The quantitative estimate of drug-likeness (QED) is 0.506. The zero-order chi connectivity index (χ0) is 20.0. The molecule has 0 aromatic heterocycles. The van der Waals surface area contributed by atoms with Crippen molar-refractivity contribution in [1.29, 1.82) is 0 Å². The van der Waals surface area contributed by atoms with E-state index in [0.29, 0.717) is 18.0 Å². The van der Waals surface area contributed by atoms with Crippen LogP contribution in [-0.2, 0) is 16.1 Å². The number of carbonyl (C=O) groups is 1. The van der Waals surface area contributed by atoms with Gasteiger partial charge in [0.2, 0.25) is 0 Å². The molecular formula is C21H27KN2O4. The van der Waals surface area contributed by atoms with Crippen molar-refractivity contribution in [3.05, 3.63) is 58.3 Å². The second kappa shape index (κ2) is 11.8. The summed E-state index contributed by atoms with van der Waals surface area (Å²) in [7, 11) is 3.29. The van der Waals surface area contributed by atoms with Crippen LogP contribution in [0.25, 0.3) is 5.73 Å². The van der Waals surface area contributed by atoms with Gasteiger partial charge < -0.3 is 25.6 Å². The summed E-state index contributed by atoms with van der Waals surface area (Å²) < 4.78 is 10.6. The van der Waals surface area contributed by atoms with Crippen LogP contribution >= 0.6 is 0 Å². The number of aryl methyl sites for hydroxylation is 1. The van der Waals surface area contributed by atoms with Gasteiger partial charge >= 0.3 is 57.4 Å². The maximum absolute atomic E-state index is 12.2. The van der Waals surface area contributed by atoms with Crippen LogP contribution in [0.15, 0.2) is 30.3 Å². The molecule has 0 saturated carbocycles. The molecule has 0 aliphatic heterocycles. The number of hydrogen-bond donors (Lipinski definition) is 2. The molecule has 0 aliphatic rings. The molecule has 0 radical (unpaired) electrons. The fourth-order valence-electron chi connectivity index (χ4n) is 3.15. The van der Waals surface area contributed by atoms with Gasteiger partial charge in [-0.15, -0.1) is 5.69 Å². The Kier molecular flexibility index (Phi) is 10.5. The summed E-state index contributed by atoms with van der Waals surface area (Å²) in [6.45, 7) is 3.95. The van der Waals surface area contributed by atoms with Gasteiger partial charge in [0.1, 0.15) is 5.75 Å². The molecule has 7 heteroatoms. The normalized spacial score (nSPS) is 11.3. The van der Waals surface area contributed by atoms with Gasteiger partial charge in [-0.1, -0.05) is 24.3 Å². The van der Waals surface area contributed by atoms with E-state index in [2.05, 4.69) is 5.32 Å². The van der Waals surface area contributed by atoms with Gasteiger partial charge in [-0.2, -0.15) is 0 Å². The maximum atomic E-state index is 12.2. The van der Waals surface area contributed by atoms with E-state index in [4.69, 9.17) is 15.2 Å². The Hall–Kier alpha value is -1.09. The molecular weight excluding hydrogens is 383 g/mol. The van der Waals surface area contributed by atoms with Crippen LogP contribution < -0.4 is 61.4 Å². The average molecular weight is 411 g/mol. The second-order valence-corrected chi connectivity index (χ2v) is 6.30. The van der Waals surface area contributed by atoms with Crippen LogP contribution in [0.3, 0.4) is 0 Å². The number of aliphatic hydroxyl groups excluding tert-OH is 1. The van der Waals surface area contributed by atoms with Crippen molar-refractivity contribution in [2.45, 2.75) is 32.8 Å². The first-order valence-electron chi connectivity index (χ1n) is 8.92. The van der Waals surface area contributed by atoms with Gasteiger partial charge in [0, 0.05) is 13.0 Å². The maximum Gasteiger partial charge on any atom is 1.00 e. The first-order valence-corrected chi connectivity index (χ1v) is 8.92. The molecule has 0 amide bonds. The first kappa shape index (κ1) is 24.9. The standard InChI is InChI=1S/C21H27N2O4.K/c1-5-27-20(25)11-17(14-7-6-13(2)16(8-14)12-24)15-9-18(22)21(23-3)19(10-15)26-4;/h6-10,17,22-24H,5,11-12H2,1-4H3;/q-1;+1. The van der Waals surface area contributed by atoms with Crippen LogP contribution in [-0.4, -0.2) is 31.8 Å². The van der Waals surface area contributed by atoms with Crippen molar-refractivity contribution in [2.75, 3.05) is 26.1 Å². The van der Waals surface area contributed by atoms with Crippen molar-refractivity contribution < 1.29 is 70.8 Å². The monoisotopic (exact) mass is 410 g/mol. The van der Waals surface area contributed by atoms with Gasteiger partial charge in [-0.3, -0.25) is 4.79 Å². The van der Waals surface area contributed by atoms with E-state index in [-0.39, 0.29) is 82.0 Å². The minimum atomic E-state index is -0.309. The third-order valence-electron chi connectivity index (χ3n) is 4.62. The Labute approximate surface area is 209 Å². The molecule has 2 rings (SSSR count). The van der Waals surface area contributed by atoms with E-state index in [0.717, 1.165) is 22.3 Å². The molecule has 28 heavy (non-hydrogen) atoms. The Bertz CT molecular complexity index is 811. The summed E-state index contributed by atoms with van der Waals surface area (Å²) in [6, 6.07) is 9.35. The topological polar surface area (TPSA) is 91.6 Å². The smallest absolute Gasteiger partial charge is 0.697 e. The molecule has 3 N–H and O–H groups in total. The minimum Gasteiger partial charge on any atom is -0.697 e. The molecule has 0 fully saturated rings. The van der Waals surface area contributed by atoms with E-state index in [1.54, 1.807) is 27.1 Å². The molecule has 0 saturated heterocycles. The Balaban J connectivity index is 0.00000392. The fourth-order valence-corrected chi connectivity index (χ4v) is 3.15. The molecule has 2 aromatic carbocycles. The van der Waals surface area contributed by atoms with Gasteiger partial charge in [0.05, 0.1) is 32.4 Å². The van der Waals surface area contributed by atoms with E-state index in [1.807, 2.05) is 31.2 Å². The van der Waals surface area contributed by atoms with E-state index >= 15 is 0 Å². The van der Waals surface area contributed by atoms with Crippen molar-refractivity contribution in [2.24, 2.45) is 0 Å². The third-order valence-corrected chi connectivity index (χ3v) is 4.62. The number of esters is 1. The summed E-state index contributed by atoms with van der Waals surface area (Å²) in [6.07, 6.45) is 0.142. The van der Waals surface area contributed by atoms with Crippen molar-refractivity contribution in [1.82, 2.24) is 0 Å². The van der Waals surface area contributed by atoms with Crippen LogP contribution in [0.1, 0.15) is 41.5 Å². The van der Waals surface area contributed by atoms with Crippen LogP contribution in [0.5, 0.6) is 5.75 Å². The molecule has 146 valence electrons. The Morgan fingerprint density at radius 3 is 2.54 bits per heavy atom. The zero-order valence-corrected chi connectivity index (χ0v) is 20.4. The largest absolute Gasteiger partial charge is 1.00 e. The Morgan fingerprint density at radius 1 is 1.25 bits per heavy atom. The van der Waals surface area contributed by atoms with Crippen LogP contribution in [0, 0.1) is 6.92 Å². The summed E-state index contributed by atoms with van der Waals surface area (Å²) in [5.74, 6) is -0.0703. The number of methoxy groups -OCH3 is 1. The predicted octanol–water partition coefficient (Wildman–Crippen LogP) is 1.31. The third kappa shape index (κ3) is 5.95. The zero-order valence-electron chi connectivity index (χ0n) is 17.3. The number of benzene rings is 2. The molecule has 1 unspecified atom stereocenters. The minimum absolute atomic E-state index is 0. The second-order valence-electron chi connectivity index (χ2n) is 6.30. The predicted molar refractivity (Wildman–Crippen MR) is 107 cm³/mol. The summed E-state index contributed by atoms with van der Waals surface area (Å²) in [5, 5.41) is 12.6. The van der Waals surface area contributed by atoms with Crippen LogP contribution in [0.4, 0.5) is 11.4 Å². The molecule has 6 nitrogen and oxygen atoms in total. The Morgan fingerprint density at radius 2 is 1.96 bits per heavy atom. The molecule has 1 atom stereocenters. The van der Waals surface area contributed by atoms with Crippen LogP contribution in [0.2, 0.25) is 0 Å². The number of hydrogen-bond acceptors (Lipinski definition) is 5. The average Bonchev–Trinajstić information content (AvgIpc) is 2.66. The van der Waals surface area contributed by atoms with Crippen molar-refractivity contribution >= 4 is 17.3 Å². The summed E-state index contributed by atoms with van der Waals surface area (Å²) >= 11 is 0. The SMILES string of the molecule is CCOC(=O)CC(c1ccc(C)c(CO)c1)c1cc([NH-])c(NC)c(OC)c1.[K+]. The molecule has 0 aliphatic carbocycles. The summed E-state index contributed by atoms with van der Waals surface area (Å²) in [5.41, 5.74) is 12.6. The van der Waals surface area contributed by atoms with E-state index < -0.39 is 0 Å². The van der Waals surface area contributed by atoms with Gasteiger partial charge in [0.25, 0.3) is 0 Å². The van der Waals surface area contributed by atoms with Crippen molar-refractivity contribution in [3.8, 4) is 5.75 Å². The number of ether oxygens (including phenoxy) is 2. The first-order chi connectivity index (χ1) is 12.9. The van der Waals surface area contributed by atoms with Gasteiger partial charge in [0.15, 0.2) is 0 Å². The summed E-state index contributed by atoms with van der Waals surface area (Å²) in [4.78, 5) is 12.2. The molecule has 0 bridgehead atoms. The van der Waals surface area contributed by atoms with Gasteiger partial charge in [-0.25, -0.2) is 0 Å². The molecule has 2 aromatic rings. The fraction of sp³-hybridized carbons (Fsp3) is 0.381. The van der Waals surface area contributed by atoms with Crippen molar-refractivity contribution in [3.63, 3.8) is 0 Å².